The van der Waals surface area contributed by atoms with Crippen molar-refractivity contribution < 1.29 is 9.47 Å². The minimum atomic E-state index is 0.576. The predicted octanol–water partition coefficient (Wildman–Crippen LogP) is 1.26. The van der Waals surface area contributed by atoms with Crippen molar-refractivity contribution in [3.05, 3.63) is 6.92 Å². The molecule has 0 spiro atoms. The van der Waals surface area contributed by atoms with Crippen LogP contribution in [0.25, 0.3) is 0 Å². The number of methoxy groups -OCH3 is 1. The summed E-state index contributed by atoms with van der Waals surface area (Å²) in [5, 5.41) is 0. The zero-order valence-corrected chi connectivity index (χ0v) is 6.06. The van der Waals surface area contributed by atoms with Crippen molar-refractivity contribution in [2.75, 3.05) is 26.9 Å². The molecule has 1 radical (unpaired) electrons. The Bertz CT molecular complexity index is 40.2. The normalized spacial score (nSPS) is 10.0. The van der Waals surface area contributed by atoms with Gasteiger partial charge in [-0.05, 0) is 19.8 Å². The molecule has 0 fully saturated rings. The van der Waals surface area contributed by atoms with Gasteiger partial charge in [0.25, 0.3) is 0 Å². The van der Waals surface area contributed by atoms with Crippen LogP contribution in [0.15, 0.2) is 0 Å². The van der Waals surface area contributed by atoms with Gasteiger partial charge in [0.2, 0.25) is 0 Å². The lowest BCUT2D eigenvalue weighted by molar-refractivity contribution is 0.138. The fraction of sp³-hybridized carbons (Fsp3) is 0.857. The fourth-order valence-corrected chi connectivity index (χ4v) is 0.553. The zero-order valence-electron chi connectivity index (χ0n) is 6.06. The van der Waals surface area contributed by atoms with Crippen LogP contribution in [-0.2, 0) is 9.47 Å². The van der Waals surface area contributed by atoms with Gasteiger partial charge in [-0.2, -0.15) is 0 Å². The maximum atomic E-state index is 5.01. The van der Waals surface area contributed by atoms with Gasteiger partial charge in [-0.15, -0.1) is 0 Å². The summed E-state index contributed by atoms with van der Waals surface area (Å²) in [7, 11) is 1.71. The molecule has 0 saturated heterocycles. The van der Waals surface area contributed by atoms with Gasteiger partial charge in [0, 0.05) is 26.9 Å². The Balaban J connectivity index is 2.60. The van der Waals surface area contributed by atoms with E-state index in [4.69, 9.17) is 9.47 Å². The standard InChI is InChI=1S/C7H15O2/c1-3-9-7-5-4-6-8-2/h1,3-7H2,2H3. The molecule has 0 amide bonds. The number of ether oxygens (including phenoxy) is 2. The molecular weight excluding hydrogens is 116 g/mol. The second kappa shape index (κ2) is 7.92. The highest BCUT2D eigenvalue weighted by Crippen LogP contribution is 1.89. The summed E-state index contributed by atoms with van der Waals surface area (Å²) in [6.07, 6.45) is 2.15. The predicted molar refractivity (Wildman–Crippen MR) is 37.3 cm³/mol. The van der Waals surface area contributed by atoms with E-state index in [1.807, 2.05) is 0 Å². The van der Waals surface area contributed by atoms with Crippen LogP contribution in [0.2, 0.25) is 0 Å². The first-order valence-corrected chi connectivity index (χ1v) is 3.27. The molecule has 0 aromatic rings. The minimum absolute atomic E-state index is 0.576. The summed E-state index contributed by atoms with van der Waals surface area (Å²) in [5.41, 5.74) is 0. The van der Waals surface area contributed by atoms with E-state index in [-0.39, 0.29) is 0 Å². The molecule has 0 heterocycles. The van der Waals surface area contributed by atoms with Crippen molar-refractivity contribution in [2.24, 2.45) is 0 Å². The SMILES string of the molecule is [CH2]COCCCCOC. The lowest BCUT2D eigenvalue weighted by Crippen LogP contribution is -1.96. The lowest BCUT2D eigenvalue weighted by Gasteiger charge is -1.98. The van der Waals surface area contributed by atoms with Crippen LogP contribution in [-0.4, -0.2) is 26.9 Å². The molecular formula is C7H15O2. The first kappa shape index (κ1) is 8.92. The molecule has 2 heteroatoms. The van der Waals surface area contributed by atoms with Crippen LogP contribution in [0.3, 0.4) is 0 Å². The molecule has 0 aliphatic carbocycles. The van der Waals surface area contributed by atoms with E-state index in [0.717, 1.165) is 26.1 Å². The van der Waals surface area contributed by atoms with E-state index < -0.39 is 0 Å². The van der Waals surface area contributed by atoms with Crippen molar-refractivity contribution in [3.63, 3.8) is 0 Å². The summed E-state index contributed by atoms with van der Waals surface area (Å²) < 4.78 is 9.86. The van der Waals surface area contributed by atoms with Crippen LogP contribution in [0.5, 0.6) is 0 Å². The summed E-state index contributed by atoms with van der Waals surface area (Å²) in [5.74, 6) is 0. The molecule has 0 aliphatic heterocycles. The van der Waals surface area contributed by atoms with Gasteiger partial charge >= 0.3 is 0 Å². The summed E-state index contributed by atoms with van der Waals surface area (Å²) in [6, 6.07) is 0. The molecule has 0 unspecified atom stereocenters. The molecule has 9 heavy (non-hydrogen) atoms. The Hall–Kier alpha value is -0.0800. The van der Waals surface area contributed by atoms with E-state index in [2.05, 4.69) is 6.92 Å². The van der Waals surface area contributed by atoms with Crippen LogP contribution in [0.4, 0.5) is 0 Å². The van der Waals surface area contributed by atoms with Gasteiger partial charge in [-0.3, -0.25) is 0 Å². The van der Waals surface area contributed by atoms with Gasteiger partial charge < -0.3 is 9.47 Å². The third-order valence-electron chi connectivity index (χ3n) is 1.03. The largest absolute Gasteiger partial charge is 0.385 e. The second-order valence-corrected chi connectivity index (χ2v) is 1.81. The second-order valence-electron chi connectivity index (χ2n) is 1.81. The first-order chi connectivity index (χ1) is 4.41. The third kappa shape index (κ3) is 7.92. The average molecular weight is 131 g/mol. The van der Waals surface area contributed by atoms with E-state index in [9.17, 15) is 0 Å². The molecule has 0 bridgehead atoms. The number of hydrogen-bond donors (Lipinski definition) is 0. The molecule has 0 aromatic carbocycles. The smallest absolute Gasteiger partial charge is 0.0466 e. The molecule has 0 saturated carbocycles. The van der Waals surface area contributed by atoms with E-state index in [1.54, 1.807) is 7.11 Å². The Morgan fingerprint density at radius 1 is 1.22 bits per heavy atom. The summed E-state index contributed by atoms with van der Waals surface area (Å²) >= 11 is 0. The van der Waals surface area contributed by atoms with Gasteiger partial charge in [-0.1, -0.05) is 0 Å². The van der Waals surface area contributed by atoms with Crippen molar-refractivity contribution in [3.8, 4) is 0 Å². The van der Waals surface area contributed by atoms with Crippen molar-refractivity contribution in [1.29, 1.82) is 0 Å². The summed E-state index contributed by atoms with van der Waals surface area (Å²) in [6.45, 7) is 5.77. The number of rotatable bonds is 6. The van der Waals surface area contributed by atoms with E-state index in [1.165, 1.54) is 0 Å². The fourth-order valence-electron chi connectivity index (χ4n) is 0.553. The molecule has 0 rings (SSSR count). The zero-order chi connectivity index (χ0) is 6.95. The van der Waals surface area contributed by atoms with Crippen LogP contribution in [0.1, 0.15) is 12.8 Å². The molecule has 0 aliphatic rings. The van der Waals surface area contributed by atoms with Crippen molar-refractivity contribution in [1.82, 2.24) is 0 Å². The number of hydrogen-bond acceptors (Lipinski definition) is 2. The maximum Gasteiger partial charge on any atom is 0.0466 e. The van der Waals surface area contributed by atoms with Gasteiger partial charge in [0.1, 0.15) is 0 Å². The Morgan fingerprint density at radius 3 is 2.44 bits per heavy atom. The Labute approximate surface area is 57.2 Å². The molecule has 55 valence electrons. The molecule has 0 N–H and O–H groups in total. The van der Waals surface area contributed by atoms with E-state index in [0.29, 0.717) is 6.61 Å². The molecule has 2 nitrogen and oxygen atoms in total. The van der Waals surface area contributed by atoms with Crippen LogP contribution >= 0.6 is 0 Å². The maximum absolute atomic E-state index is 5.01. The quantitative estimate of drug-likeness (QED) is 0.505. The van der Waals surface area contributed by atoms with Gasteiger partial charge in [0.05, 0.1) is 0 Å². The Morgan fingerprint density at radius 2 is 1.89 bits per heavy atom. The van der Waals surface area contributed by atoms with E-state index >= 15 is 0 Å². The van der Waals surface area contributed by atoms with Crippen molar-refractivity contribution >= 4 is 0 Å². The average Bonchev–Trinajstić information content (AvgIpc) is 1.89. The minimum Gasteiger partial charge on any atom is -0.385 e. The summed E-state index contributed by atoms with van der Waals surface area (Å²) in [4.78, 5) is 0. The van der Waals surface area contributed by atoms with Crippen LogP contribution < -0.4 is 0 Å². The highest BCUT2D eigenvalue weighted by atomic mass is 16.5. The van der Waals surface area contributed by atoms with Gasteiger partial charge in [-0.25, -0.2) is 0 Å². The number of unbranched alkanes of at least 4 members (excludes halogenated alkanes) is 1. The highest BCUT2D eigenvalue weighted by Gasteiger charge is 1.85. The van der Waals surface area contributed by atoms with Crippen LogP contribution in [0, 0.1) is 6.92 Å². The third-order valence-corrected chi connectivity index (χ3v) is 1.03. The monoisotopic (exact) mass is 131 g/mol. The highest BCUT2D eigenvalue weighted by molar-refractivity contribution is 4.37. The topological polar surface area (TPSA) is 18.5 Å². The first-order valence-electron chi connectivity index (χ1n) is 3.27. The van der Waals surface area contributed by atoms with Gasteiger partial charge in [0.15, 0.2) is 0 Å². The lowest BCUT2D eigenvalue weighted by atomic mass is 10.3. The molecule has 0 aromatic heterocycles. The van der Waals surface area contributed by atoms with Crippen molar-refractivity contribution in [2.45, 2.75) is 12.8 Å². The molecule has 0 atom stereocenters. The Kier molecular flexibility index (Phi) is 7.85.